The Morgan fingerprint density at radius 2 is 1.68 bits per heavy atom. The molecule has 0 radical (unpaired) electrons. The van der Waals surface area contributed by atoms with Crippen molar-refractivity contribution >= 4 is 23.6 Å². The summed E-state index contributed by atoms with van der Waals surface area (Å²) < 4.78 is 11.8. The topological polar surface area (TPSA) is 137 Å². The van der Waals surface area contributed by atoms with Crippen LogP contribution in [0.3, 0.4) is 0 Å². The minimum atomic E-state index is -0.747. The number of benzene rings is 2. The number of aliphatic hydroxyl groups is 2. The summed E-state index contributed by atoms with van der Waals surface area (Å²) in [7, 11) is 0. The van der Waals surface area contributed by atoms with Crippen LogP contribution >= 0.6 is 0 Å². The van der Waals surface area contributed by atoms with Gasteiger partial charge in [-0.2, -0.15) is 0 Å². The van der Waals surface area contributed by atoms with Gasteiger partial charge in [0.2, 0.25) is 11.8 Å². The Bertz CT molecular complexity index is 1320. The molecule has 7 unspecified atom stereocenters. The number of carbonyl (C=O) groups excluding carboxylic acids is 3. The molecule has 3 amide bonds. The van der Waals surface area contributed by atoms with E-state index in [1.165, 1.54) is 6.92 Å². The van der Waals surface area contributed by atoms with E-state index in [0.29, 0.717) is 62.4 Å². The number of carbonyl (C=O) groups is 3. The maximum absolute atomic E-state index is 13.4. The molecule has 2 saturated carbocycles. The van der Waals surface area contributed by atoms with Crippen molar-refractivity contribution in [2.75, 3.05) is 25.0 Å². The first kappa shape index (κ1) is 31.8. The van der Waals surface area contributed by atoms with Gasteiger partial charge in [-0.15, -0.1) is 0 Å². The van der Waals surface area contributed by atoms with Gasteiger partial charge in [-0.1, -0.05) is 32.0 Å². The van der Waals surface area contributed by atoms with Gasteiger partial charge in [0.1, 0.15) is 17.6 Å². The molecule has 1 heterocycles. The third kappa shape index (κ3) is 6.71. The SMILES string of the molecule is CC(=O)NC1CCN(C(=O)CC2C(O)CCC3C(C)(CO)C(OC(=O)Nc4ccc(Oc5ccccc5)cc4)CCC23C)C1. The maximum Gasteiger partial charge on any atom is 0.411 e. The largest absolute Gasteiger partial charge is 0.457 e. The molecule has 4 N–H and O–H groups in total. The molecule has 10 heteroatoms. The number of likely N-dealkylation sites (tertiary alicyclic amines) is 1. The number of nitrogens with one attached hydrogen (secondary N) is 2. The highest BCUT2D eigenvalue weighted by atomic mass is 16.6. The number of fused-ring (bicyclic) bond motifs is 1. The molecule has 5 rings (SSSR count). The molecule has 2 aromatic rings. The van der Waals surface area contributed by atoms with Gasteiger partial charge in [0.15, 0.2) is 0 Å². The highest BCUT2D eigenvalue weighted by molar-refractivity contribution is 5.84. The van der Waals surface area contributed by atoms with Gasteiger partial charge >= 0.3 is 6.09 Å². The lowest BCUT2D eigenvalue weighted by atomic mass is 9.46. The highest BCUT2D eigenvalue weighted by Gasteiger charge is 2.60. The Morgan fingerprint density at radius 3 is 2.36 bits per heavy atom. The summed E-state index contributed by atoms with van der Waals surface area (Å²) >= 11 is 0. The van der Waals surface area contributed by atoms with Crippen LogP contribution in [0.5, 0.6) is 11.5 Å². The summed E-state index contributed by atoms with van der Waals surface area (Å²) in [4.78, 5) is 39.7. The molecule has 10 nitrogen and oxygen atoms in total. The van der Waals surface area contributed by atoms with E-state index < -0.39 is 29.1 Å². The number of anilines is 1. The van der Waals surface area contributed by atoms with Crippen molar-refractivity contribution in [3.8, 4) is 11.5 Å². The van der Waals surface area contributed by atoms with Crippen molar-refractivity contribution in [3.05, 3.63) is 54.6 Å². The lowest BCUT2D eigenvalue weighted by Crippen LogP contribution is -2.61. The first-order valence-corrected chi connectivity index (χ1v) is 15.7. The maximum atomic E-state index is 13.4. The minimum Gasteiger partial charge on any atom is -0.457 e. The number of rotatable bonds is 8. The average Bonchev–Trinajstić information content (AvgIpc) is 3.46. The molecule has 3 fully saturated rings. The highest BCUT2D eigenvalue weighted by Crippen LogP contribution is 2.61. The van der Waals surface area contributed by atoms with E-state index in [1.54, 1.807) is 29.2 Å². The third-order valence-electron chi connectivity index (χ3n) is 10.3. The molecule has 1 saturated heterocycles. The normalized spacial score (nSPS) is 31.5. The number of nitrogens with zero attached hydrogens (tertiary/aromatic N) is 1. The number of hydrogen-bond acceptors (Lipinski definition) is 7. The fourth-order valence-electron chi connectivity index (χ4n) is 8.00. The number of para-hydroxylation sites is 1. The third-order valence-corrected chi connectivity index (χ3v) is 10.3. The molecular formula is C34H45N3O7. The molecule has 2 aromatic carbocycles. The monoisotopic (exact) mass is 607 g/mol. The quantitative estimate of drug-likeness (QED) is 0.341. The number of ether oxygens (including phenoxy) is 2. The second kappa shape index (κ2) is 13.2. The smallest absolute Gasteiger partial charge is 0.411 e. The zero-order valence-corrected chi connectivity index (χ0v) is 25.8. The summed E-state index contributed by atoms with van der Waals surface area (Å²) in [6, 6.07) is 16.4. The standard InChI is InChI=1S/C34H45N3O7/c1-22(39)35-24-16-18-37(20-24)31(41)19-27-28(40)13-14-29-33(27,2)17-15-30(34(29,3)21-38)44-32(42)36-23-9-11-26(12-10-23)43-25-7-5-4-6-8-25/h4-12,24,27-30,38,40H,13-21H2,1-3H3,(H,35,39)(H,36,42). The first-order chi connectivity index (χ1) is 21.0. The molecular weight excluding hydrogens is 562 g/mol. The Hall–Kier alpha value is -3.63. The lowest BCUT2D eigenvalue weighted by Gasteiger charge is -2.60. The van der Waals surface area contributed by atoms with E-state index in [4.69, 9.17) is 9.47 Å². The van der Waals surface area contributed by atoms with E-state index in [9.17, 15) is 24.6 Å². The van der Waals surface area contributed by atoms with E-state index in [1.807, 2.05) is 37.3 Å². The fraction of sp³-hybridized carbons (Fsp3) is 0.559. The molecule has 3 aliphatic rings. The summed E-state index contributed by atoms with van der Waals surface area (Å²) in [6.45, 7) is 6.42. The van der Waals surface area contributed by atoms with Crippen molar-refractivity contribution in [3.63, 3.8) is 0 Å². The van der Waals surface area contributed by atoms with Crippen LogP contribution < -0.4 is 15.4 Å². The molecule has 0 spiro atoms. The van der Waals surface area contributed by atoms with Gasteiger partial charge in [-0.25, -0.2) is 4.79 Å². The van der Waals surface area contributed by atoms with Crippen LogP contribution in [-0.2, 0) is 14.3 Å². The minimum absolute atomic E-state index is 0.0209. The summed E-state index contributed by atoms with van der Waals surface area (Å²) in [5, 5.41) is 27.6. The Balaban J connectivity index is 1.22. The summed E-state index contributed by atoms with van der Waals surface area (Å²) in [5.41, 5.74) is -0.612. The van der Waals surface area contributed by atoms with Crippen molar-refractivity contribution in [2.45, 2.75) is 77.5 Å². The number of aliphatic hydroxyl groups excluding tert-OH is 2. The van der Waals surface area contributed by atoms with E-state index in [2.05, 4.69) is 17.6 Å². The van der Waals surface area contributed by atoms with Crippen molar-refractivity contribution in [1.82, 2.24) is 10.2 Å². The Morgan fingerprint density at radius 1 is 0.977 bits per heavy atom. The van der Waals surface area contributed by atoms with Crippen LogP contribution in [0, 0.1) is 22.7 Å². The van der Waals surface area contributed by atoms with Gasteiger partial charge < -0.3 is 29.9 Å². The molecule has 44 heavy (non-hydrogen) atoms. The predicted molar refractivity (Wildman–Crippen MR) is 165 cm³/mol. The van der Waals surface area contributed by atoms with Gasteiger partial charge in [0.25, 0.3) is 0 Å². The molecule has 238 valence electrons. The number of hydrogen-bond donors (Lipinski definition) is 4. The molecule has 0 aromatic heterocycles. The van der Waals surface area contributed by atoms with E-state index in [-0.39, 0.29) is 42.7 Å². The van der Waals surface area contributed by atoms with Crippen molar-refractivity contribution < 1.29 is 34.1 Å². The zero-order valence-electron chi connectivity index (χ0n) is 25.8. The summed E-state index contributed by atoms with van der Waals surface area (Å²) in [6.07, 6.45) is 1.50. The van der Waals surface area contributed by atoms with Gasteiger partial charge in [0, 0.05) is 43.6 Å². The van der Waals surface area contributed by atoms with Gasteiger partial charge in [-0.05, 0) is 85.8 Å². The van der Waals surface area contributed by atoms with Crippen molar-refractivity contribution in [2.24, 2.45) is 22.7 Å². The fourth-order valence-corrected chi connectivity index (χ4v) is 8.00. The number of amides is 3. The van der Waals surface area contributed by atoms with Crippen LogP contribution in [0.1, 0.15) is 59.3 Å². The van der Waals surface area contributed by atoms with Crippen molar-refractivity contribution in [1.29, 1.82) is 0 Å². The second-order valence-corrected chi connectivity index (χ2v) is 13.2. The van der Waals surface area contributed by atoms with Crippen LogP contribution in [0.2, 0.25) is 0 Å². The Kier molecular flexibility index (Phi) is 9.51. The zero-order chi connectivity index (χ0) is 31.5. The van der Waals surface area contributed by atoms with Crippen LogP contribution in [-0.4, -0.2) is 71.0 Å². The predicted octanol–water partition coefficient (Wildman–Crippen LogP) is 4.71. The van der Waals surface area contributed by atoms with E-state index in [0.717, 1.165) is 0 Å². The Labute approximate surface area is 259 Å². The molecule has 1 aliphatic heterocycles. The van der Waals surface area contributed by atoms with Crippen LogP contribution in [0.4, 0.5) is 10.5 Å². The average molecular weight is 608 g/mol. The molecule has 7 atom stereocenters. The second-order valence-electron chi connectivity index (χ2n) is 13.2. The first-order valence-electron chi connectivity index (χ1n) is 15.7. The van der Waals surface area contributed by atoms with Crippen LogP contribution in [0.25, 0.3) is 0 Å². The molecule has 0 bridgehead atoms. The van der Waals surface area contributed by atoms with Crippen LogP contribution in [0.15, 0.2) is 54.6 Å². The van der Waals surface area contributed by atoms with E-state index >= 15 is 0 Å². The van der Waals surface area contributed by atoms with Gasteiger partial charge in [0.05, 0.1) is 12.7 Å². The molecule has 2 aliphatic carbocycles. The summed E-state index contributed by atoms with van der Waals surface area (Å²) in [5.74, 6) is 0.879. The lowest BCUT2D eigenvalue weighted by molar-refractivity contribution is -0.186. The van der Waals surface area contributed by atoms with Gasteiger partial charge in [-0.3, -0.25) is 14.9 Å².